The summed E-state index contributed by atoms with van der Waals surface area (Å²) in [6.07, 6.45) is -0.102. The quantitative estimate of drug-likeness (QED) is 0.878. The van der Waals surface area contributed by atoms with Gasteiger partial charge in [0.05, 0.1) is 12.5 Å². The molecule has 0 saturated carbocycles. The number of nitrogens with zero attached hydrogens (tertiary/aromatic N) is 2. The van der Waals surface area contributed by atoms with Gasteiger partial charge in [-0.1, -0.05) is 42.5 Å². The molecule has 0 aromatic heterocycles. The maximum atomic E-state index is 13.3. The molecule has 3 rings (SSSR count). The highest BCUT2D eigenvalue weighted by atomic mass is 19.1. The van der Waals surface area contributed by atoms with Crippen molar-refractivity contribution in [3.63, 3.8) is 0 Å². The Morgan fingerprint density at radius 2 is 1.96 bits per heavy atom. The molecule has 144 valence electrons. The summed E-state index contributed by atoms with van der Waals surface area (Å²) in [5.41, 5.74) is 1.71. The number of halogens is 1. The van der Waals surface area contributed by atoms with Crippen molar-refractivity contribution in [1.29, 1.82) is 0 Å². The molecule has 1 fully saturated rings. The Bertz CT molecular complexity index is 753. The normalized spacial score (nSPS) is 19.5. The Morgan fingerprint density at radius 1 is 1.19 bits per heavy atom. The zero-order chi connectivity index (χ0) is 19.2. The third kappa shape index (κ3) is 5.37. The molecule has 5 heteroatoms. The van der Waals surface area contributed by atoms with Crippen LogP contribution in [-0.4, -0.2) is 46.5 Å². The second-order valence-electron chi connectivity index (χ2n) is 7.29. The van der Waals surface area contributed by atoms with Crippen LogP contribution in [-0.2, 0) is 11.3 Å². The van der Waals surface area contributed by atoms with Gasteiger partial charge < -0.3 is 10.0 Å². The Hall–Kier alpha value is -2.24. The van der Waals surface area contributed by atoms with Crippen LogP contribution in [0, 0.1) is 5.82 Å². The molecule has 1 N–H and O–H groups in total. The molecule has 1 heterocycles. The van der Waals surface area contributed by atoms with Crippen LogP contribution in [0.4, 0.5) is 4.39 Å². The van der Waals surface area contributed by atoms with Gasteiger partial charge in [-0.2, -0.15) is 0 Å². The Morgan fingerprint density at radius 3 is 2.70 bits per heavy atom. The summed E-state index contributed by atoms with van der Waals surface area (Å²) in [4.78, 5) is 17.0. The average molecular weight is 370 g/mol. The lowest BCUT2D eigenvalue weighted by Crippen LogP contribution is -2.42. The van der Waals surface area contributed by atoms with E-state index < -0.39 is 11.9 Å². The largest absolute Gasteiger partial charge is 0.388 e. The summed E-state index contributed by atoms with van der Waals surface area (Å²) < 4.78 is 13.3. The van der Waals surface area contributed by atoms with Crippen LogP contribution in [0.2, 0.25) is 0 Å². The summed E-state index contributed by atoms with van der Waals surface area (Å²) in [6, 6.07) is 16.2. The van der Waals surface area contributed by atoms with Gasteiger partial charge in [0, 0.05) is 32.2 Å². The third-order valence-electron chi connectivity index (χ3n) is 5.10. The molecule has 4 nitrogen and oxygen atoms in total. The van der Waals surface area contributed by atoms with Gasteiger partial charge in [-0.15, -0.1) is 0 Å². The molecule has 1 aliphatic rings. The lowest BCUT2D eigenvalue weighted by Gasteiger charge is -2.30. The summed E-state index contributed by atoms with van der Waals surface area (Å²) in [7, 11) is 0. The minimum absolute atomic E-state index is 0.0214. The van der Waals surface area contributed by atoms with E-state index >= 15 is 0 Å². The SMILES string of the molecule is C[C@@H]1CN(Cc2ccccc2)CCCN1C(=O)C[C@@H](O)c1cccc(F)c1. The zero-order valence-electron chi connectivity index (χ0n) is 15.7. The van der Waals surface area contributed by atoms with Gasteiger partial charge in [0.15, 0.2) is 0 Å². The van der Waals surface area contributed by atoms with Gasteiger partial charge in [-0.05, 0) is 36.6 Å². The number of hydrogen-bond acceptors (Lipinski definition) is 3. The van der Waals surface area contributed by atoms with Crippen molar-refractivity contribution in [2.75, 3.05) is 19.6 Å². The number of carbonyl (C=O) groups is 1. The summed E-state index contributed by atoms with van der Waals surface area (Å²) in [5, 5.41) is 10.3. The maximum Gasteiger partial charge on any atom is 0.225 e. The van der Waals surface area contributed by atoms with Gasteiger partial charge in [0.2, 0.25) is 5.91 Å². The predicted molar refractivity (Wildman–Crippen MR) is 103 cm³/mol. The number of carbonyl (C=O) groups excluding carboxylic acids is 1. The maximum absolute atomic E-state index is 13.3. The molecular weight excluding hydrogens is 343 g/mol. The topological polar surface area (TPSA) is 43.8 Å². The number of aliphatic hydroxyl groups excluding tert-OH is 1. The smallest absolute Gasteiger partial charge is 0.225 e. The van der Waals surface area contributed by atoms with E-state index in [9.17, 15) is 14.3 Å². The summed E-state index contributed by atoms with van der Waals surface area (Å²) in [5.74, 6) is -0.487. The third-order valence-corrected chi connectivity index (χ3v) is 5.10. The molecule has 0 aliphatic carbocycles. The van der Waals surface area contributed by atoms with Crippen LogP contribution in [0.1, 0.15) is 37.0 Å². The van der Waals surface area contributed by atoms with E-state index in [1.165, 1.54) is 17.7 Å². The molecule has 2 aromatic carbocycles. The van der Waals surface area contributed by atoms with E-state index in [1.54, 1.807) is 12.1 Å². The van der Waals surface area contributed by atoms with E-state index in [1.807, 2.05) is 23.1 Å². The molecule has 0 bridgehead atoms. The fourth-order valence-corrected chi connectivity index (χ4v) is 3.72. The lowest BCUT2D eigenvalue weighted by atomic mass is 10.1. The van der Waals surface area contributed by atoms with Crippen molar-refractivity contribution in [1.82, 2.24) is 9.80 Å². The number of amides is 1. The number of hydrogen-bond donors (Lipinski definition) is 1. The highest BCUT2D eigenvalue weighted by Gasteiger charge is 2.27. The van der Waals surface area contributed by atoms with Gasteiger partial charge in [-0.3, -0.25) is 9.69 Å². The van der Waals surface area contributed by atoms with Crippen LogP contribution in [0.25, 0.3) is 0 Å². The second-order valence-corrected chi connectivity index (χ2v) is 7.29. The predicted octanol–water partition coefficient (Wildman–Crippen LogP) is 3.37. The minimum atomic E-state index is -0.982. The van der Waals surface area contributed by atoms with Gasteiger partial charge in [0.1, 0.15) is 5.82 Å². The average Bonchev–Trinajstić information content (AvgIpc) is 2.83. The van der Waals surface area contributed by atoms with Gasteiger partial charge >= 0.3 is 0 Å². The monoisotopic (exact) mass is 370 g/mol. The molecule has 1 aliphatic heterocycles. The van der Waals surface area contributed by atoms with Crippen molar-refractivity contribution in [2.24, 2.45) is 0 Å². The molecule has 2 atom stereocenters. The van der Waals surface area contributed by atoms with Crippen LogP contribution < -0.4 is 0 Å². The van der Waals surface area contributed by atoms with Crippen molar-refractivity contribution in [3.8, 4) is 0 Å². The van der Waals surface area contributed by atoms with Crippen LogP contribution in [0.15, 0.2) is 54.6 Å². The van der Waals surface area contributed by atoms with Gasteiger partial charge in [-0.25, -0.2) is 4.39 Å². The summed E-state index contributed by atoms with van der Waals surface area (Å²) >= 11 is 0. The molecule has 0 unspecified atom stereocenters. The number of aliphatic hydroxyl groups is 1. The van der Waals surface area contributed by atoms with E-state index in [-0.39, 0.29) is 18.4 Å². The fourth-order valence-electron chi connectivity index (χ4n) is 3.72. The Balaban J connectivity index is 1.59. The molecular formula is C22H27FN2O2. The van der Waals surface area contributed by atoms with Crippen molar-refractivity contribution in [3.05, 3.63) is 71.5 Å². The molecule has 0 spiro atoms. The van der Waals surface area contributed by atoms with E-state index in [0.717, 1.165) is 26.1 Å². The van der Waals surface area contributed by atoms with Crippen LogP contribution in [0.5, 0.6) is 0 Å². The molecule has 1 amide bonds. The lowest BCUT2D eigenvalue weighted by molar-refractivity contribution is -0.135. The molecule has 1 saturated heterocycles. The first kappa shape index (κ1) is 19.5. The van der Waals surface area contributed by atoms with Crippen molar-refractivity contribution < 1.29 is 14.3 Å². The van der Waals surface area contributed by atoms with E-state index in [4.69, 9.17) is 0 Å². The first-order chi connectivity index (χ1) is 13.0. The summed E-state index contributed by atoms with van der Waals surface area (Å²) in [6.45, 7) is 5.35. The van der Waals surface area contributed by atoms with Crippen LogP contribution in [0.3, 0.4) is 0 Å². The standard InChI is InChI=1S/C22H27FN2O2/c1-17-15-24(16-18-7-3-2-4-8-18)11-6-12-25(17)22(27)14-21(26)19-9-5-10-20(23)13-19/h2-5,7-10,13,17,21,26H,6,11-12,14-16H2,1H3/t17-,21-/m1/s1. The molecule has 2 aromatic rings. The van der Waals surface area contributed by atoms with Crippen molar-refractivity contribution in [2.45, 2.75) is 38.5 Å². The zero-order valence-corrected chi connectivity index (χ0v) is 15.7. The van der Waals surface area contributed by atoms with E-state index in [2.05, 4.69) is 24.0 Å². The number of rotatable bonds is 5. The second kappa shape index (κ2) is 9.11. The molecule has 27 heavy (non-hydrogen) atoms. The van der Waals surface area contributed by atoms with Crippen LogP contribution >= 0.6 is 0 Å². The highest BCUT2D eigenvalue weighted by molar-refractivity contribution is 5.77. The first-order valence-electron chi connectivity index (χ1n) is 9.52. The van der Waals surface area contributed by atoms with E-state index in [0.29, 0.717) is 12.1 Å². The van der Waals surface area contributed by atoms with Gasteiger partial charge in [0.25, 0.3) is 0 Å². The Labute approximate surface area is 160 Å². The van der Waals surface area contributed by atoms with Crippen molar-refractivity contribution >= 4 is 5.91 Å². The highest BCUT2D eigenvalue weighted by Crippen LogP contribution is 2.21. The first-order valence-corrected chi connectivity index (χ1v) is 9.52. The fraction of sp³-hybridized carbons (Fsp3) is 0.409. The Kier molecular flexibility index (Phi) is 6.58. The number of benzene rings is 2. The molecule has 0 radical (unpaired) electrons. The minimum Gasteiger partial charge on any atom is -0.388 e.